The number of aromatic nitrogens is 2. The monoisotopic (exact) mass is 251 g/mol. The summed E-state index contributed by atoms with van der Waals surface area (Å²) in [7, 11) is 1.94. The summed E-state index contributed by atoms with van der Waals surface area (Å²) in [6, 6.07) is 0.378. The number of nitrogens with zero attached hydrogens (tertiary/aromatic N) is 3. The molecule has 5 heteroatoms. The Balaban J connectivity index is 1.96. The average Bonchev–Trinajstić information content (AvgIpc) is 3.08. The maximum atomic E-state index is 12.1. The van der Waals surface area contributed by atoms with Gasteiger partial charge in [0, 0.05) is 31.9 Å². The first-order chi connectivity index (χ1) is 8.58. The molecule has 1 atom stereocenters. The lowest BCUT2D eigenvalue weighted by atomic mass is 10.2. The van der Waals surface area contributed by atoms with Crippen LogP contribution in [-0.2, 0) is 18.4 Å². The molecule has 5 nitrogen and oxygen atoms in total. The summed E-state index contributed by atoms with van der Waals surface area (Å²) in [5.41, 5.74) is 0. The molecule has 0 saturated heterocycles. The standard InChI is InChI=1S/C13H21N3O2/c1-10(17)3-6-13(18)16(11-4-5-11)9-12-14-7-8-15(12)2/h7-8,10-11,17H,3-6,9H2,1-2H3. The van der Waals surface area contributed by atoms with Gasteiger partial charge in [0.1, 0.15) is 5.82 Å². The zero-order valence-electron chi connectivity index (χ0n) is 11.0. The molecule has 1 heterocycles. The number of carbonyl (C=O) groups excluding carboxylic acids is 1. The van der Waals surface area contributed by atoms with E-state index in [1.54, 1.807) is 13.1 Å². The zero-order valence-corrected chi connectivity index (χ0v) is 11.0. The number of aliphatic hydroxyl groups is 1. The van der Waals surface area contributed by atoms with Crippen LogP contribution in [0.25, 0.3) is 0 Å². The molecule has 1 unspecified atom stereocenters. The molecule has 18 heavy (non-hydrogen) atoms. The molecule has 0 aliphatic heterocycles. The number of aryl methyl sites for hydroxylation is 1. The van der Waals surface area contributed by atoms with Crippen molar-refractivity contribution in [3.8, 4) is 0 Å². The molecule has 100 valence electrons. The van der Waals surface area contributed by atoms with Crippen LogP contribution in [0.5, 0.6) is 0 Å². The third kappa shape index (κ3) is 3.32. The molecule has 1 N–H and O–H groups in total. The molecule has 0 spiro atoms. The number of rotatable bonds is 6. The fraction of sp³-hybridized carbons (Fsp3) is 0.692. The number of imidazole rings is 1. The number of aliphatic hydroxyl groups excluding tert-OH is 1. The van der Waals surface area contributed by atoms with Gasteiger partial charge < -0.3 is 14.6 Å². The highest BCUT2D eigenvalue weighted by molar-refractivity contribution is 5.76. The number of hydrogen-bond acceptors (Lipinski definition) is 3. The van der Waals surface area contributed by atoms with E-state index < -0.39 is 6.10 Å². The lowest BCUT2D eigenvalue weighted by molar-refractivity contribution is -0.133. The number of hydrogen-bond donors (Lipinski definition) is 1. The van der Waals surface area contributed by atoms with E-state index >= 15 is 0 Å². The van der Waals surface area contributed by atoms with Gasteiger partial charge in [0.15, 0.2) is 0 Å². The lowest BCUT2D eigenvalue weighted by Gasteiger charge is -2.22. The molecule has 1 aromatic rings. The first kappa shape index (κ1) is 13.1. The summed E-state index contributed by atoms with van der Waals surface area (Å²) in [5.74, 6) is 1.04. The van der Waals surface area contributed by atoms with Gasteiger partial charge in [-0.2, -0.15) is 0 Å². The Labute approximate surface area is 107 Å². The minimum Gasteiger partial charge on any atom is -0.393 e. The van der Waals surface area contributed by atoms with E-state index in [9.17, 15) is 9.90 Å². The van der Waals surface area contributed by atoms with Gasteiger partial charge in [0.05, 0.1) is 12.6 Å². The Morgan fingerprint density at radius 1 is 1.67 bits per heavy atom. The van der Waals surface area contributed by atoms with Crippen LogP contribution in [0.2, 0.25) is 0 Å². The van der Waals surface area contributed by atoms with Gasteiger partial charge in [-0.3, -0.25) is 4.79 Å². The van der Waals surface area contributed by atoms with Gasteiger partial charge in [0.2, 0.25) is 5.91 Å². The van der Waals surface area contributed by atoms with Gasteiger partial charge in [0.25, 0.3) is 0 Å². The van der Waals surface area contributed by atoms with E-state index in [0.717, 1.165) is 18.7 Å². The van der Waals surface area contributed by atoms with Crippen molar-refractivity contribution in [2.75, 3.05) is 0 Å². The predicted molar refractivity (Wildman–Crippen MR) is 67.7 cm³/mol. The van der Waals surface area contributed by atoms with Crippen LogP contribution in [0.15, 0.2) is 12.4 Å². The topological polar surface area (TPSA) is 58.4 Å². The quantitative estimate of drug-likeness (QED) is 0.823. The van der Waals surface area contributed by atoms with Gasteiger partial charge in [-0.25, -0.2) is 4.98 Å². The van der Waals surface area contributed by atoms with E-state index in [-0.39, 0.29) is 5.91 Å². The highest BCUT2D eigenvalue weighted by atomic mass is 16.3. The maximum absolute atomic E-state index is 12.1. The van der Waals surface area contributed by atoms with Crippen molar-refractivity contribution in [2.45, 2.75) is 51.3 Å². The molecule has 2 rings (SSSR count). The van der Waals surface area contributed by atoms with Gasteiger partial charge in [-0.05, 0) is 26.2 Å². The molecule has 1 aliphatic carbocycles. The molecule has 0 bridgehead atoms. The number of carbonyl (C=O) groups is 1. The van der Waals surface area contributed by atoms with Gasteiger partial charge >= 0.3 is 0 Å². The van der Waals surface area contributed by atoms with Gasteiger partial charge in [-0.1, -0.05) is 0 Å². The fourth-order valence-corrected chi connectivity index (χ4v) is 1.98. The van der Waals surface area contributed by atoms with E-state index in [4.69, 9.17) is 0 Å². The molecule has 1 fully saturated rings. The summed E-state index contributed by atoms with van der Waals surface area (Å²) in [5, 5.41) is 9.25. The van der Waals surface area contributed by atoms with Crippen molar-refractivity contribution < 1.29 is 9.90 Å². The van der Waals surface area contributed by atoms with Crippen LogP contribution in [0.4, 0.5) is 0 Å². The van der Waals surface area contributed by atoms with Crippen molar-refractivity contribution in [1.82, 2.24) is 14.5 Å². The minimum atomic E-state index is -0.414. The van der Waals surface area contributed by atoms with Gasteiger partial charge in [-0.15, -0.1) is 0 Å². The molecular weight excluding hydrogens is 230 g/mol. The van der Waals surface area contributed by atoms with Crippen LogP contribution < -0.4 is 0 Å². The van der Waals surface area contributed by atoms with Crippen LogP contribution >= 0.6 is 0 Å². The van der Waals surface area contributed by atoms with Crippen molar-refractivity contribution in [3.63, 3.8) is 0 Å². The highest BCUT2D eigenvalue weighted by Gasteiger charge is 2.32. The minimum absolute atomic E-state index is 0.126. The molecule has 0 aromatic carbocycles. The summed E-state index contributed by atoms with van der Waals surface area (Å²) in [6.07, 6.45) is 6.35. The molecule has 1 aliphatic rings. The van der Waals surface area contributed by atoms with Crippen LogP contribution in [0.1, 0.15) is 38.4 Å². The molecular formula is C13H21N3O2. The van der Waals surface area contributed by atoms with E-state index in [2.05, 4.69) is 4.98 Å². The summed E-state index contributed by atoms with van der Waals surface area (Å²) < 4.78 is 1.94. The Morgan fingerprint density at radius 2 is 2.39 bits per heavy atom. The van der Waals surface area contributed by atoms with E-state index in [1.165, 1.54) is 0 Å². The second kappa shape index (κ2) is 5.52. The summed E-state index contributed by atoms with van der Waals surface area (Å²) in [6.45, 7) is 2.29. The summed E-state index contributed by atoms with van der Waals surface area (Å²) in [4.78, 5) is 18.3. The van der Waals surface area contributed by atoms with Crippen LogP contribution in [0.3, 0.4) is 0 Å². The maximum Gasteiger partial charge on any atom is 0.223 e. The molecule has 0 radical (unpaired) electrons. The lowest BCUT2D eigenvalue weighted by Crippen LogP contribution is -2.33. The third-order valence-corrected chi connectivity index (χ3v) is 3.32. The second-order valence-corrected chi connectivity index (χ2v) is 5.09. The third-order valence-electron chi connectivity index (χ3n) is 3.32. The normalized spacial score (nSPS) is 16.6. The Morgan fingerprint density at radius 3 is 2.89 bits per heavy atom. The van der Waals surface area contributed by atoms with Crippen molar-refractivity contribution in [1.29, 1.82) is 0 Å². The van der Waals surface area contributed by atoms with E-state index in [0.29, 0.717) is 25.4 Å². The smallest absolute Gasteiger partial charge is 0.223 e. The first-order valence-corrected chi connectivity index (χ1v) is 6.51. The Kier molecular flexibility index (Phi) is 4.01. The predicted octanol–water partition coefficient (Wildman–Crippen LogP) is 1.07. The Hall–Kier alpha value is -1.36. The average molecular weight is 251 g/mol. The summed E-state index contributed by atoms with van der Waals surface area (Å²) >= 11 is 0. The van der Waals surface area contributed by atoms with Crippen LogP contribution in [-0.4, -0.2) is 37.6 Å². The first-order valence-electron chi connectivity index (χ1n) is 6.51. The molecule has 1 saturated carbocycles. The molecule has 1 amide bonds. The second-order valence-electron chi connectivity index (χ2n) is 5.09. The van der Waals surface area contributed by atoms with Crippen molar-refractivity contribution in [3.05, 3.63) is 18.2 Å². The fourth-order valence-electron chi connectivity index (χ4n) is 1.98. The SMILES string of the molecule is CC(O)CCC(=O)N(Cc1nccn1C)C1CC1. The largest absolute Gasteiger partial charge is 0.393 e. The van der Waals surface area contributed by atoms with Crippen LogP contribution in [0, 0.1) is 0 Å². The van der Waals surface area contributed by atoms with Crippen molar-refractivity contribution >= 4 is 5.91 Å². The highest BCUT2D eigenvalue weighted by Crippen LogP contribution is 2.29. The van der Waals surface area contributed by atoms with E-state index in [1.807, 2.05) is 22.7 Å². The molecule has 1 aromatic heterocycles. The Bertz CT molecular complexity index is 410. The zero-order chi connectivity index (χ0) is 13.1. The number of amides is 1. The van der Waals surface area contributed by atoms with Crippen molar-refractivity contribution in [2.24, 2.45) is 7.05 Å².